The third-order valence-electron chi connectivity index (χ3n) is 3.78. The molecule has 0 aromatic carbocycles. The van der Waals surface area contributed by atoms with Crippen molar-refractivity contribution in [3.63, 3.8) is 0 Å². The van der Waals surface area contributed by atoms with E-state index in [1.807, 2.05) is 6.20 Å². The normalized spacial score (nSPS) is 21.2. The SMILES string of the molecule is CN1CCN(c2ccc(C3=NCCC3)cn2)CC1. The molecule has 1 aromatic heterocycles. The van der Waals surface area contributed by atoms with E-state index in [0.717, 1.165) is 45.0 Å². The van der Waals surface area contributed by atoms with Gasteiger partial charge in [-0.1, -0.05) is 0 Å². The summed E-state index contributed by atoms with van der Waals surface area (Å²) in [6, 6.07) is 4.31. The second kappa shape index (κ2) is 5.06. The summed E-state index contributed by atoms with van der Waals surface area (Å²) in [6.45, 7) is 5.37. The van der Waals surface area contributed by atoms with Crippen LogP contribution in [0.3, 0.4) is 0 Å². The molecule has 3 rings (SSSR count). The van der Waals surface area contributed by atoms with Crippen molar-refractivity contribution in [2.45, 2.75) is 12.8 Å². The predicted molar refractivity (Wildman–Crippen MR) is 74.6 cm³/mol. The van der Waals surface area contributed by atoms with Crippen LogP contribution in [-0.4, -0.2) is 55.4 Å². The Morgan fingerprint density at radius 3 is 2.56 bits per heavy atom. The van der Waals surface area contributed by atoms with Crippen LogP contribution in [0, 0.1) is 0 Å². The van der Waals surface area contributed by atoms with Crippen molar-refractivity contribution in [3.8, 4) is 0 Å². The minimum Gasteiger partial charge on any atom is -0.354 e. The number of hydrogen-bond acceptors (Lipinski definition) is 4. The minimum atomic E-state index is 0.982. The van der Waals surface area contributed by atoms with Gasteiger partial charge < -0.3 is 9.80 Å². The Morgan fingerprint density at radius 2 is 1.94 bits per heavy atom. The smallest absolute Gasteiger partial charge is 0.128 e. The maximum atomic E-state index is 4.60. The zero-order chi connectivity index (χ0) is 12.4. The zero-order valence-corrected chi connectivity index (χ0v) is 11.0. The van der Waals surface area contributed by atoms with Gasteiger partial charge in [0.15, 0.2) is 0 Å². The quantitative estimate of drug-likeness (QED) is 0.788. The Kier molecular flexibility index (Phi) is 3.28. The number of anilines is 1. The van der Waals surface area contributed by atoms with Gasteiger partial charge >= 0.3 is 0 Å². The van der Waals surface area contributed by atoms with Gasteiger partial charge in [0.1, 0.15) is 5.82 Å². The van der Waals surface area contributed by atoms with Gasteiger partial charge in [-0.15, -0.1) is 0 Å². The molecule has 4 heteroatoms. The van der Waals surface area contributed by atoms with Crippen molar-refractivity contribution >= 4 is 11.5 Å². The lowest BCUT2D eigenvalue weighted by molar-refractivity contribution is 0.312. The molecule has 3 heterocycles. The molecule has 18 heavy (non-hydrogen) atoms. The van der Waals surface area contributed by atoms with Crippen LogP contribution in [0.15, 0.2) is 23.3 Å². The molecule has 1 aromatic rings. The Bertz CT molecular complexity index is 430. The van der Waals surface area contributed by atoms with Crippen LogP contribution in [0.4, 0.5) is 5.82 Å². The lowest BCUT2D eigenvalue weighted by Crippen LogP contribution is -2.44. The lowest BCUT2D eigenvalue weighted by Gasteiger charge is -2.33. The molecular formula is C14H20N4. The van der Waals surface area contributed by atoms with E-state index < -0.39 is 0 Å². The van der Waals surface area contributed by atoms with E-state index in [-0.39, 0.29) is 0 Å². The number of nitrogens with zero attached hydrogens (tertiary/aromatic N) is 4. The monoisotopic (exact) mass is 244 g/mol. The van der Waals surface area contributed by atoms with E-state index in [2.05, 4.69) is 39.0 Å². The fourth-order valence-corrected chi connectivity index (χ4v) is 2.55. The molecule has 96 valence electrons. The molecule has 0 radical (unpaired) electrons. The lowest BCUT2D eigenvalue weighted by atomic mass is 10.1. The van der Waals surface area contributed by atoms with Gasteiger partial charge in [-0.05, 0) is 32.0 Å². The van der Waals surface area contributed by atoms with Crippen LogP contribution >= 0.6 is 0 Å². The van der Waals surface area contributed by atoms with Crippen LogP contribution in [0.5, 0.6) is 0 Å². The molecule has 0 spiro atoms. The molecule has 1 fully saturated rings. The summed E-state index contributed by atoms with van der Waals surface area (Å²) in [6.07, 6.45) is 4.28. The van der Waals surface area contributed by atoms with Crippen molar-refractivity contribution in [2.75, 3.05) is 44.7 Å². The van der Waals surface area contributed by atoms with Crippen LogP contribution in [0.25, 0.3) is 0 Å². The fraction of sp³-hybridized carbons (Fsp3) is 0.571. The highest BCUT2D eigenvalue weighted by Crippen LogP contribution is 2.17. The summed E-state index contributed by atoms with van der Waals surface area (Å²) >= 11 is 0. The van der Waals surface area contributed by atoms with Gasteiger partial charge in [0.25, 0.3) is 0 Å². The maximum absolute atomic E-state index is 4.60. The van der Waals surface area contributed by atoms with Gasteiger partial charge in [-0.2, -0.15) is 0 Å². The van der Waals surface area contributed by atoms with E-state index in [1.54, 1.807) is 0 Å². The molecule has 0 unspecified atom stereocenters. The van der Waals surface area contributed by atoms with Crippen molar-refractivity contribution < 1.29 is 0 Å². The number of aromatic nitrogens is 1. The third kappa shape index (κ3) is 2.38. The Hall–Kier alpha value is -1.42. The Morgan fingerprint density at radius 1 is 1.11 bits per heavy atom. The molecule has 0 atom stereocenters. The second-order valence-corrected chi connectivity index (χ2v) is 5.13. The third-order valence-corrected chi connectivity index (χ3v) is 3.78. The molecule has 0 N–H and O–H groups in total. The van der Waals surface area contributed by atoms with Crippen LogP contribution in [0.2, 0.25) is 0 Å². The number of aliphatic imine (C=N–C) groups is 1. The van der Waals surface area contributed by atoms with Crippen LogP contribution < -0.4 is 4.90 Å². The number of hydrogen-bond donors (Lipinski definition) is 0. The van der Waals surface area contributed by atoms with E-state index in [9.17, 15) is 0 Å². The predicted octanol–water partition coefficient (Wildman–Crippen LogP) is 1.42. The highest BCUT2D eigenvalue weighted by atomic mass is 15.3. The fourth-order valence-electron chi connectivity index (χ4n) is 2.55. The number of likely N-dealkylation sites (N-methyl/N-ethyl adjacent to an activating group) is 1. The number of pyridine rings is 1. The second-order valence-electron chi connectivity index (χ2n) is 5.13. The maximum Gasteiger partial charge on any atom is 0.128 e. The van der Waals surface area contributed by atoms with Crippen LogP contribution in [-0.2, 0) is 0 Å². The summed E-state index contributed by atoms with van der Waals surface area (Å²) in [4.78, 5) is 13.8. The first-order valence-corrected chi connectivity index (χ1v) is 6.76. The summed E-state index contributed by atoms with van der Waals surface area (Å²) in [7, 11) is 2.17. The van der Waals surface area contributed by atoms with Crippen LogP contribution in [0.1, 0.15) is 18.4 Å². The summed E-state index contributed by atoms with van der Waals surface area (Å²) < 4.78 is 0. The summed E-state index contributed by atoms with van der Waals surface area (Å²) in [5.41, 5.74) is 2.43. The van der Waals surface area contributed by atoms with E-state index in [1.165, 1.54) is 17.7 Å². The molecule has 4 nitrogen and oxygen atoms in total. The molecule has 0 bridgehead atoms. The van der Waals surface area contributed by atoms with Crippen molar-refractivity contribution in [2.24, 2.45) is 4.99 Å². The van der Waals surface area contributed by atoms with Gasteiger partial charge in [0.05, 0.1) is 0 Å². The van der Waals surface area contributed by atoms with Crippen molar-refractivity contribution in [3.05, 3.63) is 23.9 Å². The zero-order valence-electron chi connectivity index (χ0n) is 11.0. The van der Waals surface area contributed by atoms with Gasteiger partial charge in [0.2, 0.25) is 0 Å². The molecular weight excluding hydrogens is 224 g/mol. The van der Waals surface area contributed by atoms with Gasteiger partial charge in [0, 0.05) is 50.2 Å². The molecule has 2 aliphatic heterocycles. The first-order valence-electron chi connectivity index (χ1n) is 6.76. The largest absolute Gasteiger partial charge is 0.354 e. The average Bonchev–Trinajstić information content (AvgIpc) is 2.94. The minimum absolute atomic E-state index is 0.982. The average molecular weight is 244 g/mol. The highest BCUT2D eigenvalue weighted by Gasteiger charge is 2.15. The molecule has 1 saturated heterocycles. The summed E-state index contributed by atoms with van der Waals surface area (Å²) in [5.74, 6) is 1.10. The Labute approximate surface area is 108 Å². The summed E-state index contributed by atoms with van der Waals surface area (Å²) in [5, 5.41) is 0. The standard InChI is InChI=1S/C14H20N4/c1-17-7-9-18(10-8-17)14-5-4-12(11-16-14)13-3-2-6-15-13/h4-5,11H,2-3,6-10H2,1H3. The van der Waals surface area contributed by atoms with Crippen molar-refractivity contribution in [1.29, 1.82) is 0 Å². The molecule has 2 aliphatic rings. The van der Waals surface area contributed by atoms with Gasteiger partial charge in [-0.3, -0.25) is 4.99 Å². The van der Waals surface area contributed by atoms with Gasteiger partial charge in [-0.25, -0.2) is 4.98 Å². The topological polar surface area (TPSA) is 31.7 Å². The van der Waals surface area contributed by atoms with E-state index >= 15 is 0 Å². The van der Waals surface area contributed by atoms with Crippen molar-refractivity contribution in [1.82, 2.24) is 9.88 Å². The Balaban J connectivity index is 1.71. The highest BCUT2D eigenvalue weighted by molar-refractivity contribution is 6.01. The molecule has 0 aliphatic carbocycles. The van der Waals surface area contributed by atoms with E-state index in [0.29, 0.717) is 0 Å². The first-order chi connectivity index (χ1) is 8.83. The van der Waals surface area contributed by atoms with E-state index in [4.69, 9.17) is 0 Å². The molecule has 0 amide bonds. The molecule has 0 saturated carbocycles. The first kappa shape index (κ1) is 11.7. The number of rotatable bonds is 2. The number of piperazine rings is 1.